The molecule has 7 fully saturated rings. The highest BCUT2D eigenvalue weighted by Gasteiger charge is 2.62. The van der Waals surface area contributed by atoms with E-state index >= 15 is 4.79 Å². The number of fused-ring (bicyclic) bond motifs is 3. The first kappa shape index (κ1) is 66.4. The number of ketones is 1. The van der Waals surface area contributed by atoms with Crippen molar-refractivity contribution in [1.82, 2.24) is 10.6 Å². The van der Waals surface area contributed by atoms with Gasteiger partial charge in [-0.05, 0) is 63.7 Å². The highest BCUT2D eigenvalue weighted by atomic mass is 28.4. The van der Waals surface area contributed by atoms with Crippen LogP contribution < -0.4 is 21.0 Å². The Hall–Kier alpha value is -7.22. The van der Waals surface area contributed by atoms with Gasteiger partial charge in [-0.3, -0.25) is 9.59 Å². The van der Waals surface area contributed by atoms with Crippen molar-refractivity contribution in [2.45, 2.75) is 195 Å². The van der Waals surface area contributed by atoms with Gasteiger partial charge in [0, 0.05) is 11.5 Å². The summed E-state index contributed by atoms with van der Waals surface area (Å²) in [7, 11) is -3.64. The Morgan fingerprint density at radius 2 is 1.14 bits per heavy atom. The summed E-state index contributed by atoms with van der Waals surface area (Å²) in [4.78, 5) is 57.0. The molecule has 20 nitrogen and oxygen atoms in total. The summed E-state index contributed by atoms with van der Waals surface area (Å²) in [5.41, 5.74) is 3.12. The van der Waals surface area contributed by atoms with E-state index in [-0.39, 0.29) is 38.3 Å². The maximum absolute atomic E-state index is 15.1. The second kappa shape index (κ2) is 29.2. The van der Waals surface area contributed by atoms with Crippen LogP contribution in [0.1, 0.15) is 101 Å². The molecule has 0 aromatic heterocycles. The van der Waals surface area contributed by atoms with Gasteiger partial charge in [-0.25, -0.2) is 9.59 Å². The summed E-state index contributed by atoms with van der Waals surface area (Å²) in [6, 6.07) is 54.9. The second-order valence-electron chi connectivity index (χ2n) is 26.7. The Labute approximate surface area is 554 Å². The van der Waals surface area contributed by atoms with Crippen molar-refractivity contribution < 1.29 is 85.6 Å². The number of aliphatic hydroxyl groups is 1. The number of amides is 2. The number of benzene rings is 6. The number of nitrogens with one attached hydrogen (secondary N) is 2. The highest BCUT2D eigenvalue weighted by molar-refractivity contribution is 6.99. The zero-order chi connectivity index (χ0) is 65.8. The predicted octanol–water partition coefficient (Wildman–Crippen LogP) is 9.20. The topological polar surface area (TPSA) is 233 Å². The van der Waals surface area contributed by atoms with Crippen LogP contribution in [0.2, 0.25) is 5.04 Å². The predicted molar refractivity (Wildman–Crippen MR) is 347 cm³/mol. The molecular formula is C74H84N2O18Si. The third kappa shape index (κ3) is 14.3. The summed E-state index contributed by atoms with van der Waals surface area (Å²) in [5.74, 6) is -1.69. The molecule has 21 heteroatoms. The first-order valence-corrected chi connectivity index (χ1v) is 35.1. The smallest absolute Gasteiger partial charge is 0.408 e. The molecule has 6 aromatic rings. The monoisotopic (exact) mass is 1320 g/mol. The Bertz CT molecular complexity index is 3490. The molecule has 0 bridgehead atoms. The van der Waals surface area contributed by atoms with Crippen molar-refractivity contribution >= 4 is 42.6 Å². The molecule has 7 aliphatic rings. The van der Waals surface area contributed by atoms with Gasteiger partial charge < -0.3 is 77.0 Å². The van der Waals surface area contributed by atoms with Crippen LogP contribution in [0.3, 0.4) is 0 Å². The maximum Gasteiger partial charge on any atom is 0.408 e. The van der Waals surface area contributed by atoms with E-state index in [2.05, 4.69) is 55.7 Å². The van der Waals surface area contributed by atoms with E-state index in [0.717, 1.165) is 27.1 Å². The van der Waals surface area contributed by atoms with Gasteiger partial charge in [-0.1, -0.05) is 217 Å². The molecule has 95 heavy (non-hydrogen) atoms. The van der Waals surface area contributed by atoms with Crippen LogP contribution >= 0.6 is 0 Å². The number of hydrogen-bond acceptors (Lipinski definition) is 18. The van der Waals surface area contributed by atoms with E-state index in [1.165, 1.54) is 0 Å². The Morgan fingerprint density at radius 3 is 1.74 bits per heavy atom. The van der Waals surface area contributed by atoms with Gasteiger partial charge in [0.15, 0.2) is 37.0 Å². The number of alkyl carbamates (subject to hydrolysis) is 2. The van der Waals surface area contributed by atoms with Gasteiger partial charge in [0.1, 0.15) is 68.0 Å². The molecule has 6 saturated heterocycles. The zero-order valence-corrected chi connectivity index (χ0v) is 54.9. The molecule has 13 rings (SSSR count). The van der Waals surface area contributed by atoms with Gasteiger partial charge in [0.05, 0.1) is 37.4 Å². The second-order valence-corrected chi connectivity index (χ2v) is 31.0. The van der Waals surface area contributed by atoms with Crippen LogP contribution in [0, 0.1) is 11.8 Å². The van der Waals surface area contributed by atoms with Crippen molar-refractivity contribution in [1.29, 1.82) is 0 Å². The van der Waals surface area contributed by atoms with E-state index in [0.29, 0.717) is 31.2 Å². The summed E-state index contributed by atoms with van der Waals surface area (Å²) in [6.45, 7) is 10.2. The minimum absolute atomic E-state index is 0.0509. The van der Waals surface area contributed by atoms with Crippen molar-refractivity contribution in [3.05, 3.63) is 204 Å². The highest BCUT2D eigenvalue weighted by Crippen LogP contribution is 2.48. The minimum atomic E-state index is -3.64. The van der Waals surface area contributed by atoms with Crippen molar-refractivity contribution in [2.24, 2.45) is 11.8 Å². The quantitative estimate of drug-likeness (QED) is 0.0389. The molecule has 502 valence electrons. The Balaban J connectivity index is 0.864. The first-order valence-electron chi connectivity index (χ1n) is 33.2. The fraction of sp³-hybridized carbons (Fsp3) is 0.459. The fourth-order valence-electron chi connectivity index (χ4n) is 14.8. The average Bonchev–Trinajstić information content (AvgIpc) is 1.73. The average molecular weight is 1320 g/mol. The molecule has 6 aliphatic heterocycles. The number of carbonyl (C=O) groups excluding carboxylic acids is 4. The molecule has 6 aromatic carbocycles. The molecule has 6 heterocycles. The molecule has 2 amide bonds. The normalized spacial score (nSPS) is 33.0. The van der Waals surface area contributed by atoms with Crippen LogP contribution in [-0.4, -0.2) is 142 Å². The standard InChI is InChI=1S/C74H84N2O18Si/c1-6-52-65(92-69-57(75-72(80)83-41-45-25-13-7-14-26-45)59(78)63-54(87-69)38-37-53(85-63)47-29-17-9-18-30-47)67(94-95(74(3,4)5,50-33-21-11-22-34-50)51-35-23-12-24-36-51)71(86-52)93-66-61(44(2)39-49-40-56(77)89-62(49)66)90-70-58(76-73(81)84-42-46-27-15-8-16-28-46)60(79)64-55(88-70)43-82-68(91-64)48-31-19-10-20-32-48/h7-36,44,49,52-55,57-59,61-71,78H,6,37-43H2,1-5H3,(H,75,80)(H,76,81)/t44-,49-,52+,53?,54-,55+,57+,58?,59+,61+,62-,63+,64+,65+,66-,67+,68?,69+,70+,71-/m0/s1. The van der Waals surface area contributed by atoms with Gasteiger partial charge in [0.2, 0.25) is 0 Å². The van der Waals surface area contributed by atoms with Gasteiger partial charge in [-0.2, -0.15) is 0 Å². The maximum atomic E-state index is 15.1. The lowest BCUT2D eigenvalue weighted by Gasteiger charge is -2.50. The van der Waals surface area contributed by atoms with E-state index < -0.39 is 148 Å². The summed E-state index contributed by atoms with van der Waals surface area (Å²) >= 11 is 0. The van der Waals surface area contributed by atoms with Crippen molar-refractivity contribution in [3.8, 4) is 0 Å². The van der Waals surface area contributed by atoms with Gasteiger partial charge >= 0.3 is 18.2 Å². The third-order valence-corrected chi connectivity index (χ3v) is 24.5. The first-order chi connectivity index (χ1) is 46.1. The number of rotatable bonds is 19. The number of carbonyl (C=O) groups is 4. The third-order valence-electron chi connectivity index (χ3n) is 19.4. The lowest BCUT2D eigenvalue weighted by atomic mass is 9.76. The van der Waals surface area contributed by atoms with E-state index in [4.69, 9.17) is 61.3 Å². The number of ether oxygens (including phenoxy) is 12. The SMILES string of the molecule is CC[C@H]1O[C@@H](O[C@@H]2[C@H]3OC(=O)C[C@@H]3C[C@H](C)[C@H]2O[C@H]2O[C@@H]3COC(c4ccccc4)O[C@H]3C(=O)C2NC(=O)OCc2ccccc2)[C@H](O[Si](c2ccccc2)(c2ccccc2)C(C)(C)C)[C@@H]1O[C@H]1O[C@H]2CCC(c3ccccc3)O[C@H]2[C@H](O)[C@H]1NC(=O)OCc1ccccc1. The van der Waals surface area contributed by atoms with Gasteiger partial charge in [0.25, 0.3) is 8.32 Å². The van der Waals surface area contributed by atoms with Gasteiger partial charge in [-0.15, -0.1) is 0 Å². The largest absolute Gasteiger partial charge is 0.459 e. The molecule has 0 radical (unpaired) electrons. The molecule has 0 spiro atoms. The lowest BCUT2D eigenvalue weighted by molar-refractivity contribution is -0.328. The molecule has 3 N–H and O–H groups in total. The number of hydrogen-bond donors (Lipinski definition) is 3. The van der Waals surface area contributed by atoms with Crippen LogP contribution in [0.15, 0.2) is 182 Å². The molecule has 3 unspecified atom stereocenters. The van der Waals surface area contributed by atoms with Crippen molar-refractivity contribution in [3.63, 3.8) is 0 Å². The number of esters is 1. The summed E-state index contributed by atoms with van der Waals surface area (Å²) < 4.78 is 88.5. The van der Waals surface area contributed by atoms with Crippen LogP contribution in [0.4, 0.5) is 9.59 Å². The van der Waals surface area contributed by atoms with Crippen LogP contribution in [0.5, 0.6) is 0 Å². The minimum Gasteiger partial charge on any atom is -0.459 e. The zero-order valence-electron chi connectivity index (χ0n) is 53.9. The molecule has 20 atom stereocenters. The van der Waals surface area contributed by atoms with E-state index in [1.807, 2.05) is 172 Å². The Morgan fingerprint density at radius 1 is 0.589 bits per heavy atom. The summed E-state index contributed by atoms with van der Waals surface area (Å²) in [5, 5.41) is 19.8. The van der Waals surface area contributed by atoms with Crippen molar-refractivity contribution in [2.75, 3.05) is 6.61 Å². The van der Waals surface area contributed by atoms with E-state index in [1.54, 1.807) is 0 Å². The fourth-order valence-corrected chi connectivity index (χ4v) is 19.5. The number of Topliss-reactive ketones (excluding diaryl/α,β-unsaturated/α-hetero) is 1. The molecule has 1 saturated carbocycles. The van der Waals surface area contributed by atoms with E-state index in [9.17, 15) is 19.5 Å². The van der Waals surface area contributed by atoms with Crippen LogP contribution in [0.25, 0.3) is 0 Å². The lowest BCUT2D eigenvalue weighted by Crippen LogP contribution is -2.70. The Kier molecular flexibility index (Phi) is 20.4. The summed E-state index contributed by atoms with van der Waals surface area (Å²) in [6.07, 6.45) is -16.4. The molecular weight excluding hydrogens is 1230 g/mol. The number of aliphatic hydroxyl groups excluding tert-OH is 1. The van der Waals surface area contributed by atoms with Crippen LogP contribution in [-0.2, 0) is 84.1 Å². The molecule has 1 aliphatic carbocycles.